The summed E-state index contributed by atoms with van der Waals surface area (Å²) in [6.45, 7) is 4.40. The Kier molecular flexibility index (Phi) is 5.96. The van der Waals surface area contributed by atoms with E-state index in [1.807, 2.05) is 16.8 Å². The van der Waals surface area contributed by atoms with Crippen LogP contribution in [0.15, 0.2) is 49.2 Å². The van der Waals surface area contributed by atoms with Crippen molar-refractivity contribution in [2.45, 2.75) is 43.8 Å². The van der Waals surface area contributed by atoms with Crippen LogP contribution in [0.25, 0.3) is 5.69 Å². The van der Waals surface area contributed by atoms with Gasteiger partial charge in [0.1, 0.15) is 5.75 Å². The van der Waals surface area contributed by atoms with Crippen molar-refractivity contribution in [3.8, 4) is 11.4 Å². The fourth-order valence-electron chi connectivity index (χ4n) is 5.64. The molecule has 2 aliphatic heterocycles. The van der Waals surface area contributed by atoms with Gasteiger partial charge in [0.15, 0.2) is 5.69 Å². The molecule has 1 aliphatic carbocycles. The summed E-state index contributed by atoms with van der Waals surface area (Å²) in [5.41, 5.74) is 3.17. The number of hydrogen-bond acceptors (Lipinski definition) is 5. The van der Waals surface area contributed by atoms with Gasteiger partial charge in [-0.1, -0.05) is 18.7 Å². The van der Waals surface area contributed by atoms with Gasteiger partial charge in [0.05, 0.1) is 28.7 Å². The van der Waals surface area contributed by atoms with Gasteiger partial charge in [-0.2, -0.15) is 18.3 Å². The Morgan fingerprint density at radius 2 is 1.85 bits per heavy atom. The van der Waals surface area contributed by atoms with Crippen molar-refractivity contribution < 1.29 is 27.9 Å². The Hall–Kier alpha value is -4.15. The van der Waals surface area contributed by atoms with Crippen LogP contribution in [-0.2, 0) is 23.8 Å². The number of carbonyl (C=O) groups excluding carboxylic acids is 2. The topological polar surface area (TPSA) is 91.6 Å². The zero-order chi connectivity index (χ0) is 27.5. The maximum Gasteiger partial charge on any atom is 0.437 e. The van der Waals surface area contributed by atoms with E-state index in [1.165, 1.54) is 29.4 Å². The third-order valence-electron chi connectivity index (χ3n) is 7.73. The lowest BCUT2D eigenvalue weighted by atomic mass is 9.95. The summed E-state index contributed by atoms with van der Waals surface area (Å²) in [7, 11) is 0. The summed E-state index contributed by atoms with van der Waals surface area (Å²) in [4.78, 5) is 32.7. The van der Waals surface area contributed by atoms with E-state index in [2.05, 4.69) is 23.7 Å². The SMILES string of the molecule is C=CC(=O)N1CCc2nn(-c3ccc(C4CC4)cc3)c3c2[C@H](C1)N(C(=O)c1cnc(C(F)(F)F)c(O)c1)CC3. The summed E-state index contributed by atoms with van der Waals surface area (Å²) in [6.07, 6.45) is 0.560. The molecule has 0 spiro atoms. The average molecular weight is 538 g/mol. The summed E-state index contributed by atoms with van der Waals surface area (Å²) in [6, 6.07) is 8.56. The molecule has 8 nitrogen and oxygen atoms in total. The van der Waals surface area contributed by atoms with E-state index >= 15 is 0 Å². The van der Waals surface area contributed by atoms with Crippen molar-refractivity contribution in [3.63, 3.8) is 0 Å². The van der Waals surface area contributed by atoms with E-state index in [0.717, 1.165) is 34.9 Å². The van der Waals surface area contributed by atoms with Gasteiger partial charge >= 0.3 is 6.18 Å². The number of aromatic hydroxyl groups is 1. The molecule has 2 aromatic heterocycles. The lowest BCUT2D eigenvalue weighted by Crippen LogP contribution is -2.45. The lowest BCUT2D eigenvalue weighted by molar-refractivity contribution is -0.142. The summed E-state index contributed by atoms with van der Waals surface area (Å²) in [5.74, 6) is -1.35. The van der Waals surface area contributed by atoms with Gasteiger partial charge in [0.25, 0.3) is 5.91 Å². The summed E-state index contributed by atoms with van der Waals surface area (Å²) >= 11 is 0. The lowest BCUT2D eigenvalue weighted by Gasteiger charge is -2.37. The molecule has 1 aromatic carbocycles. The van der Waals surface area contributed by atoms with Crippen LogP contribution in [0.2, 0.25) is 0 Å². The zero-order valence-electron chi connectivity index (χ0n) is 21.0. The number of pyridine rings is 1. The molecule has 0 unspecified atom stereocenters. The van der Waals surface area contributed by atoms with Crippen LogP contribution in [0.3, 0.4) is 0 Å². The summed E-state index contributed by atoms with van der Waals surface area (Å²) in [5, 5.41) is 14.9. The van der Waals surface area contributed by atoms with E-state index in [-0.39, 0.29) is 24.6 Å². The molecule has 0 saturated heterocycles. The first-order chi connectivity index (χ1) is 18.7. The Morgan fingerprint density at radius 3 is 2.49 bits per heavy atom. The molecule has 1 fully saturated rings. The van der Waals surface area contributed by atoms with Crippen LogP contribution in [0, 0.1) is 0 Å². The second-order valence-corrected chi connectivity index (χ2v) is 10.2. The highest BCUT2D eigenvalue weighted by Gasteiger charge is 2.41. The third-order valence-corrected chi connectivity index (χ3v) is 7.73. The number of halogens is 3. The van der Waals surface area contributed by atoms with E-state index in [9.17, 15) is 27.9 Å². The molecule has 3 aliphatic rings. The standard InChI is InChI=1S/C28H26F3N5O3/c1-2-24(38)34-11-9-20-25-21(36(33-20)19-7-5-17(6-8-19)16-3-4-16)10-12-35(22(25)15-34)27(39)18-13-23(37)26(32-14-18)28(29,30)31/h2,5-8,13-14,16,22,37H,1,3-4,9-12,15H2/t22-/m0/s1. The van der Waals surface area contributed by atoms with E-state index < -0.39 is 29.6 Å². The van der Waals surface area contributed by atoms with E-state index in [4.69, 9.17) is 5.10 Å². The number of alkyl halides is 3. The van der Waals surface area contributed by atoms with Gasteiger partial charge in [-0.3, -0.25) is 9.59 Å². The predicted octanol–water partition coefficient (Wildman–Crippen LogP) is 4.18. The maximum atomic E-state index is 13.6. The van der Waals surface area contributed by atoms with Crippen molar-refractivity contribution in [2.75, 3.05) is 19.6 Å². The number of benzene rings is 1. The van der Waals surface area contributed by atoms with Gasteiger partial charge in [-0.25, -0.2) is 9.67 Å². The minimum absolute atomic E-state index is 0.167. The van der Waals surface area contributed by atoms with Gasteiger partial charge in [0, 0.05) is 44.2 Å². The number of carbonyl (C=O) groups is 2. The molecule has 11 heteroatoms. The number of nitrogens with zero attached hydrogens (tertiary/aromatic N) is 5. The molecular formula is C28H26F3N5O3. The minimum atomic E-state index is -4.85. The Bertz CT molecular complexity index is 1480. The largest absolute Gasteiger partial charge is 0.506 e. The van der Waals surface area contributed by atoms with Crippen LogP contribution in [0.4, 0.5) is 13.2 Å². The highest BCUT2D eigenvalue weighted by atomic mass is 19.4. The van der Waals surface area contributed by atoms with Gasteiger partial charge in [-0.05, 0) is 48.6 Å². The minimum Gasteiger partial charge on any atom is -0.506 e. The van der Waals surface area contributed by atoms with Crippen LogP contribution < -0.4 is 0 Å². The fourth-order valence-corrected chi connectivity index (χ4v) is 5.64. The highest BCUT2D eigenvalue weighted by Crippen LogP contribution is 2.41. The molecule has 3 aromatic rings. The molecule has 0 radical (unpaired) electrons. The Balaban J connectivity index is 1.38. The second kappa shape index (κ2) is 9.25. The number of rotatable bonds is 4. The molecule has 1 saturated carbocycles. The van der Waals surface area contributed by atoms with E-state index in [1.54, 1.807) is 4.90 Å². The average Bonchev–Trinajstić information content (AvgIpc) is 3.72. The molecular weight excluding hydrogens is 511 g/mol. The molecule has 39 heavy (non-hydrogen) atoms. The van der Waals surface area contributed by atoms with Crippen LogP contribution in [-0.4, -0.2) is 61.1 Å². The van der Waals surface area contributed by atoms with Crippen molar-refractivity contribution in [2.24, 2.45) is 0 Å². The Labute approximate surface area is 222 Å². The fraction of sp³-hybridized carbons (Fsp3) is 0.357. The molecule has 6 rings (SSSR count). The van der Waals surface area contributed by atoms with Crippen LogP contribution in [0.1, 0.15) is 63.4 Å². The predicted molar refractivity (Wildman–Crippen MR) is 134 cm³/mol. The zero-order valence-corrected chi connectivity index (χ0v) is 21.0. The number of aromatic nitrogens is 3. The first-order valence-corrected chi connectivity index (χ1v) is 12.8. The summed E-state index contributed by atoms with van der Waals surface area (Å²) < 4.78 is 41.2. The second-order valence-electron chi connectivity index (χ2n) is 10.2. The monoisotopic (exact) mass is 537 g/mol. The van der Waals surface area contributed by atoms with E-state index in [0.29, 0.717) is 25.3 Å². The first-order valence-electron chi connectivity index (χ1n) is 12.8. The van der Waals surface area contributed by atoms with Crippen molar-refractivity contribution in [1.82, 2.24) is 24.6 Å². The first kappa shape index (κ1) is 25.1. The molecule has 0 bridgehead atoms. The van der Waals surface area contributed by atoms with Crippen LogP contribution in [0.5, 0.6) is 5.75 Å². The van der Waals surface area contributed by atoms with Gasteiger partial charge in [-0.15, -0.1) is 0 Å². The number of hydrogen-bond donors (Lipinski definition) is 1. The van der Waals surface area contributed by atoms with Gasteiger partial charge in [0.2, 0.25) is 5.91 Å². The van der Waals surface area contributed by atoms with Crippen molar-refractivity contribution >= 4 is 11.8 Å². The maximum absolute atomic E-state index is 13.6. The quantitative estimate of drug-likeness (QED) is 0.505. The highest BCUT2D eigenvalue weighted by molar-refractivity contribution is 5.95. The normalized spacial score (nSPS) is 18.9. The molecule has 2 amide bonds. The molecule has 1 N–H and O–H groups in total. The number of amides is 2. The van der Waals surface area contributed by atoms with Crippen LogP contribution >= 0.6 is 0 Å². The van der Waals surface area contributed by atoms with Crippen molar-refractivity contribution in [1.29, 1.82) is 0 Å². The Morgan fingerprint density at radius 1 is 1.10 bits per heavy atom. The molecule has 4 heterocycles. The van der Waals surface area contributed by atoms with Gasteiger partial charge < -0.3 is 14.9 Å². The third kappa shape index (κ3) is 4.45. The molecule has 202 valence electrons. The smallest absolute Gasteiger partial charge is 0.437 e. The van der Waals surface area contributed by atoms with Crippen molar-refractivity contribution in [3.05, 3.63) is 83.0 Å². The molecule has 1 atom stereocenters.